The summed E-state index contributed by atoms with van der Waals surface area (Å²) in [6.45, 7) is 5.15. The first-order valence-electron chi connectivity index (χ1n) is 10.2. The lowest BCUT2D eigenvalue weighted by Gasteiger charge is -2.34. The molecule has 2 saturated carbocycles. The van der Waals surface area contributed by atoms with Crippen molar-refractivity contribution in [1.82, 2.24) is 0 Å². The lowest BCUT2D eigenvalue weighted by atomic mass is 9.71. The lowest BCUT2D eigenvalue weighted by Crippen LogP contribution is -2.22. The molecule has 2 fully saturated rings. The topological polar surface area (TPSA) is 0 Å². The van der Waals surface area contributed by atoms with E-state index in [1.54, 1.807) is 0 Å². The summed E-state index contributed by atoms with van der Waals surface area (Å²) in [5, 5.41) is 0. The minimum Gasteiger partial charge on any atom is -0.0599 e. The van der Waals surface area contributed by atoms with Crippen LogP contribution in [-0.4, -0.2) is 0 Å². The van der Waals surface area contributed by atoms with Gasteiger partial charge in [0, 0.05) is 0 Å². The quantitative estimate of drug-likeness (QED) is 0.502. The Bertz CT molecular complexity index is 223. The zero-order chi connectivity index (χ0) is 15.0. The number of hydrogen-bond donors (Lipinski definition) is 0. The number of rotatable bonds is 4. The molecule has 0 N–H and O–H groups in total. The van der Waals surface area contributed by atoms with Gasteiger partial charge in [0.15, 0.2) is 0 Å². The van der Waals surface area contributed by atoms with Gasteiger partial charge in [-0.05, 0) is 30.1 Å². The van der Waals surface area contributed by atoms with Gasteiger partial charge in [-0.25, -0.2) is 0 Å². The van der Waals surface area contributed by atoms with Crippen LogP contribution in [0.25, 0.3) is 0 Å². The Morgan fingerprint density at radius 3 is 1.14 bits per heavy atom. The Hall–Kier alpha value is 0. The van der Waals surface area contributed by atoms with E-state index in [4.69, 9.17) is 0 Å². The van der Waals surface area contributed by atoms with Gasteiger partial charge in [0.25, 0.3) is 0 Å². The summed E-state index contributed by atoms with van der Waals surface area (Å²) in [4.78, 5) is 0. The van der Waals surface area contributed by atoms with E-state index in [9.17, 15) is 0 Å². The highest BCUT2D eigenvalue weighted by atomic mass is 14.3. The van der Waals surface area contributed by atoms with Gasteiger partial charge >= 0.3 is 0 Å². The Kier molecular flexibility index (Phi) is 7.61. The molecule has 0 heteroatoms. The molecular weight excluding hydrogens is 252 g/mol. The van der Waals surface area contributed by atoms with Crippen molar-refractivity contribution in [3.05, 3.63) is 0 Å². The van der Waals surface area contributed by atoms with E-state index in [0.29, 0.717) is 5.41 Å². The van der Waals surface area contributed by atoms with Crippen molar-refractivity contribution in [2.45, 2.75) is 117 Å². The highest BCUT2D eigenvalue weighted by Gasteiger charge is 2.27. The van der Waals surface area contributed by atoms with E-state index in [-0.39, 0.29) is 0 Å². The molecule has 0 aromatic carbocycles. The predicted molar refractivity (Wildman–Crippen MR) is 94.6 cm³/mol. The molecule has 0 amide bonds. The van der Waals surface area contributed by atoms with Gasteiger partial charge in [0.2, 0.25) is 0 Å². The minimum atomic E-state index is 0.591. The Labute approximate surface area is 134 Å². The molecule has 0 unspecified atom stereocenters. The lowest BCUT2D eigenvalue weighted by molar-refractivity contribution is 0.173. The molecule has 0 aromatic heterocycles. The molecule has 0 saturated heterocycles. The van der Waals surface area contributed by atoms with Crippen molar-refractivity contribution < 1.29 is 0 Å². The van der Waals surface area contributed by atoms with Crippen LogP contribution in [0.3, 0.4) is 0 Å². The first-order chi connectivity index (χ1) is 10.2. The molecule has 2 rings (SSSR count). The molecule has 0 spiro atoms. The molecule has 124 valence electrons. The maximum atomic E-state index is 2.57. The van der Waals surface area contributed by atoms with Crippen LogP contribution in [0.4, 0.5) is 0 Å². The van der Waals surface area contributed by atoms with Crippen LogP contribution in [0, 0.1) is 17.3 Å². The average Bonchev–Trinajstić information content (AvgIpc) is 2.35. The fraction of sp³-hybridized carbons (Fsp3) is 1.00. The van der Waals surface area contributed by atoms with Crippen molar-refractivity contribution in [2.24, 2.45) is 17.3 Å². The normalized spacial score (nSPS) is 24.9. The summed E-state index contributed by atoms with van der Waals surface area (Å²) in [6.07, 6.45) is 24.1. The maximum absolute atomic E-state index is 2.57. The molecule has 0 atom stereocenters. The van der Waals surface area contributed by atoms with Crippen LogP contribution in [-0.2, 0) is 0 Å². The largest absolute Gasteiger partial charge is 0.0599 e. The van der Waals surface area contributed by atoms with Crippen LogP contribution >= 0.6 is 0 Å². The smallest absolute Gasteiger partial charge is 0.0349 e. The van der Waals surface area contributed by atoms with Crippen LogP contribution in [0.5, 0.6) is 0 Å². The maximum Gasteiger partial charge on any atom is -0.0349 e. The summed E-state index contributed by atoms with van der Waals surface area (Å²) < 4.78 is 0. The van der Waals surface area contributed by atoms with E-state index in [1.807, 2.05) is 0 Å². The van der Waals surface area contributed by atoms with E-state index in [1.165, 1.54) is 103 Å². The second kappa shape index (κ2) is 9.21. The van der Waals surface area contributed by atoms with Gasteiger partial charge in [0.1, 0.15) is 0 Å². The van der Waals surface area contributed by atoms with E-state index >= 15 is 0 Å². The summed E-state index contributed by atoms with van der Waals surface area (Å²) in [5.41, 5.74) is 0.591. The van der Waals surface area contributed by atoms with Gasteiger partial charge < -0.3 is 0 Å². The van der Waals surface area contributed by atoms with E-state index in [2.05, 4.69) is 13.8 Å². The van der Waals surface area contributed by atoms with Gasteiger partial charge in [-0.15, -0.1) is 0 Å². The standard InChI is InChI=1S/C21H40/c1-21(2,17-19-13-9-5-3-6-10-14-19)18-20-15-11-7-4-8-12-16-20/h19-20H,3-18H2,1-2H3. The molecule has 0 aromatic rings. The third-order valence-electron chi connectivity index (χ3n) is 6.13. The fourth-order valence-corrected chi connectivity index (χ4v) is 5.14. The summed E-state index contributed by atoms with van der Waals surface area (Å²) in [6, 6.07) is 0. The molecule has 0 aliphatic heterocycles. The molecule has 0 radical (unpaired) electrons. The highest BCUT2D eigenvalue weighted by Crippen LogP contribution is 2.40. The molecule has 2 aliphatic carbocycles. The van der Waals surface area contributed by atoms with Crippen LogP contribution in [0.15, 0.2) is 0 Å². The number of hydrogen-bond acceptors (Lipinski definition) is 0. The van der Waals surface area contributed by atoms with E-state index < -0.39 is 0 Å². The van der Waals surface area contributed by atoms with Gasteiger partial charge in [-0.2, -0.15) is 0 Å². The molecule has 21 heavy (non-hydrogen) atoms. The predicted octanol–water partition coefficient (Wildman–Crippen LogP) is 7.51. The van der Waals surface area contributed by atoms with E-state index in [0.717, 1.165) is 11.8 Å². The zero-order valence-corrected chi connectivity index (χ0v) is 15.0. The molecular formula is C21H40. The monoisotopic (exact) mass is 292 g/mol. The second-order valence-electron chi connectivity index (χ2n) is 8.99. The van der Waals surface area contributed by atoms with Gasteiger partial charge in [0.05, 0.1) is 0 Å². The Balaban J connectivity index is 1.78. The fourth-order valence-electron chi connectivity index (χ4n) is 5.14. The van der Waals surface area contributed by atoms with Crippen molar-refractivity contribution in [3.8, 4) is 0 Å². The summed E-state index contributed by atoms with van der Waals surface area (Å²) in [7, 11) is 0. The van der Waals surface area contributed by atoms with Gasteiger partial charge in [-0.1, -0.05) is 104 Å². The molecule has 0 heterocycles. The SMILES string of the molecule is CC(C)(CC1CCCCCCC1)CC1CCCCCCC1. The first-order valence-corrected chi connectivity index (χ1v) is 10.2. The van der Waals surface area contributed by atoms with Crippen molar-refractivity contribution >= 4 is 0 Å². The van der Waals surface area contributed by atoms with Crippen LogP contribution in [0.2, 0.25) is 0 Å². The third kappa shape index (κ3) is 7.20. The summed E-state index contributed by atoms with van der Waals surface area (Å²) >= 11 is 0. The second-order valence-corrected chi connectivity index (χ2v) is 8.99. The van der Waals surface area contributed by atoms with Crippen molar-refractivity contribution in [1.29, 1.82) is 0 Å². The Morgan fingerprint density at radius 2 is 0.810 bits per heavy atom. The van der Waals surface area contributed by atoms with Crippen LogP contribution < -0.4 is 0 Å². The summed E-state index contributed by atoms with van der Waals surface area (Å²) in [5.74, 6) is 2.07. The zero-order valence-electron chi connectivity index (χ0n) is 15.0. The minimum absolute atomic E-state index is 0.591. The Morgan fingerprint density at radius 1 is 0.524 bits per heavy atom. The van der Waals surface area contributed by atoms with Gasteiger partial charge in [-0.3, -0.25) is 0 Å². The molecule has 0 nitrogen and oxygen atoms in total. The first kappa shape index (κ1) is 17.4. The average molecular weight is 293 g/mol. The third-order valence-corrected chi connectivity index (χ3v) is 6.13. The molecule has 2 aliphatic rings. The van der Waals surface area contributed by atoms with Crippen molar-refractivity contribution in [2.75, 3.05) is 0 Å². The van der Waals surface area contributed by atoms with Crippen LogP contribution in [0.1, 0.15) is 117 Å². The highest BCUT2D eigenvalue weighted by molar-refractivity contribution is 4.79. The molecule has 0 bridgehead atoms. The van der Waals surface area contributed by atoms with Crippen molar-refractivity contribution in [3.63, 3.8) is 0 Å².